The van der Waals surface area contributed by atoms with Gasteiger partial charge < -0.3 is 21.1 Å². The summed E-state index contributed by atoms with van der Waals surface area (Å²) in [4.78, 5) is 13.5. The van der Waals surface area contributed by atoms with Crippen molar-refractivity contribution >= 4 is 27.3 Å². The van der Waals surface area contributed by atoms with Crippen LogP contribution in [0.5, 0.6) is 0 Å². The first kappa shape index (κ1) is 28.0. The zero-order valence-corrected chi connectivity index (χ0v) is 22.4. The molecular formula is C27H40N4O4S. The highest BCUT2D eigenvalue weighted by atomic mass is 32.2. The molecule has 4 N–H and O–H groups in total. The van der Waals surface area contributed by atoms with E-state index >= 15 is 0 Å². The number of carbonyl (C=O) groups excluding carboxylic acids is 1. The molecular weight excluding hydrogens is 476 g/mol. The molecule has 1 amide bonds. The number of nitrogens with zero attached hydrogens (tertiary/aromatic N) is 1. The molecule has 0 radical (unpaired) electrons. The van der Waals surface area contributed by atoms with Crippen molar-refractivity contribution in [1.82, 2.24) is 10.6 Å². The van der Waals surface area contributed by atoms with Gasteiger partial charge in [-0.25, -0.2) is 8.42 Å². The zero-order valence-electron chi connectivity index (χ0n) is 21.5. The number of rotatable bonds is 12. The van der Waals surface area contributed by atoms with Crippen molar-refractivity contribution in [3.8, 4) is 0 Å². The Morgan fingerprint density at radius 1 is 1.11 bits per heavy atom. The van der Waals surface area contributed by atoms with Gasteiger partial charge in [0.2, 0.25) is 10.0 Å². The second kappa shape index (κ2) is 13.1. The van der Waals surface area contributed by atoms with E-state index in [2.05, 4.69) is 29.8 Å². The largest absolute Gasteiger partial charge is 0.390 e. The molecule has 0 aliphatic carbocycles. The van der Waals surface area contributed by atoms with Gasteiger partial charge in [-0.15, -0.1) is 0 Å². The molecule has 0 spiro atoms. The van der Waals surface area contributed by atoms with Crippen molar-refractivity contribution in [1.29, 1.82) is 0 Å². The second-order valence-corrected chi connectivity index (χ2v) is 11.5. The summed E-state index contributed by atoms with van der Waals surface area (Å²) in [6.07, 6.45) is 2.02. The second-order valence-electron chi connectivity index (χ2n) is 9.45. The van der Waals surface area contributed by atoms with Gasteiger partial charge in [-0.2, -0.15) is 0 Å². The van der Waals surface area contributed by atoms with Gasteiger partial charge in [0, 0.05) is 36.9 Å². The van der Waals surface area contributed by atoms with Crippen molar-refractivity contribution in [3.05, 3.63) is 59.7 Å². The van der Waals surface area contributed by atoms with Crippen molar-refractivity contribution in [3.63, 3.8) is 0 Å². The molecule has 1 fully saturated rings. The van der Waals surface area contributed by atoms with Gasteiger partial charge in [-0.1, -0.05) is 37.3 Å². The minimum absolute atomic E-state index is 0.106. The van der Waals surface area contributed by atoms with Gasteiger partial charge in [-0.05, 0) is 63.3 Å². The summed E-state index contributed by atoms with van der Waals surface area (Å²) in [6.45, 7) is 7.45. The predicted molar refractivity (Wildman–Crippen MR) is 146 cm³/mol. The molecule has 1 heterocycles. The maximum absolute atomic E-state index is 13.5. The summed E-state index contributed by atoms with van der Waals surface area (Å²) < 4.78 is 26.8. The highest BCUT2D eigenvalue weighted by Gasteiger charge is 2.28. The Kier molecular flexibility index (Phi) is 10.2. The molecule has 0 aromatic heterocycles. The Morgan fingerprint density at radius 3 is 2.53 bits per heavy atom. The molecule has 1 unspecified atom stereocenters. The van der Waals surface area contributed by atoms with Crippen LogP contribution >= 0.6 is 0 Å². The SMILES string of the molecule is CCNc1cc(C(=O)N[C@@H](Cc2ccccc2)[C@H](O)CNC(C)CC)cc(N2CCCCS2(=O)=O)c1. The smallest absolute Gasteiger partial charge is 0.251 e. The van der Waals surface area contributed by atoms with E-state index in [9.17, 15) is 18.3 Å². The molecule has 2 aromatic rings. The summed E-state index contributed by atoms with van der Waals surface area (Å²) >= 11 is 0. The fourth-order valence-corrected chi connectivity index (χ4v) is 5.91. The van der Waals surface area contributed by atoms with E-state index in [0.717, 1.165) is 18.4 Å². The van der Waals surface area contributed by atoms with Crippen LogP contribution in [0.3, 0.4) is 0 Å². The molecule has 36 heavy (non-hydrogen) atoms. The van der Waals surface area contributed by atoms with E-state index < -0.39 is 22.2 Å². The Morgan fingerprint density at radius 2 is 1.86 bits per heavy atom. The van der Waals surface area contributed by atoms with E-state index in [-0.39, 0.29) is 17.7 Å². The minimum Gasteiger partial charge on any atom is -0.390 e. The number of aliphatic hydroxyl groups excluding tert-OH is 1. The van der Waals surface area contributed by atoms with Crippen LogP contribution in [-0.4, -0.2) is 63.0 Å². The molecule has 1 saturated heterocycles. The summed E-state index contributed by atoms with van der Waals surface area (Å²) in [5, 5.41) is 20.5. The van der Waals surface area contributed by atoms with Crippen molar-refractivity contribution < 1.29 is 18.3 Å². The van der Waals surface area contributed by atoms with E-state index in [1.807, 2.05) is 37.3 Å². The zero-order chi connectivity index (χ0) is 26.1. The number of hydrogen-bond acceptors (Lipinski definition) is 6. The third-order valence-electron chi connectivity index (χ3n) is 6.57. The Balaban J connectivity index is 1.87. The Hall–Kier alpha value is -2.62. The minimum atomic E-state index is -3.42. The molecule has 198 valence electrons. The fraction of sp³-hybridized carbons (Fsp3) is 0.519. The first-order valence-corrected chi connectivity index (χ1v) is 14.5. The normalized spacial score (nSPS) is 17.7. The summed E-state index contributed by atoms with van der Waals surface area (Å²) in [6, 6.07) is 14.6. The highest BCUT2D eigenvalue weighted by molar-refractivity contribution is 7.92. The summed E-state index contributed by atoms with van der Waals surface area (Å²) in [7, 11) is -3.42. The van der Waals surface area contributed by atoms with Crippen LogP contribution in [0.15, 0.2) is 48.5 Å². The third kappa shape index (κ3) is 7.69. The number of benzene rings is 2. The van der Waals surface area contributed by atoms with E-state index in [1.54, 1.807) is 18.2 Å². The first-order valence-electron chi connectivity index (χ1n) is 12.9. The number of aliphatic hydroxyl groups is 1. The van der Waals surface area contributed by atoms with Gasteiger partial charge in [-0.3, -0.25) is 9.10 Å². The quantitative estimate of drug-likeness (QED) is 0.345. The maximum atomic E-state index is 13.5. The monoisotopic (exact) mass is 516 g/mol. The third-order valence-corrected chi connectivity index (χ3v) is 8.43. The molecule has 0 bridgehead atoms. The molecule has 1 aliphatic rings. The lowest BCUT2D eigenvalue weighted by molar-refractivity contribution is 0.0825. The van der Waals surface area contributed by atoms with Crippen LogP contribution in [0.2, 0.25) is 0 Å². The van der Waals surface area contributed by atoms with Crippen LogP contribution in [0.4, 0.5) is 11.4 Å². The average molecular weight is 517 g/mol. The number of hydrogen-bond donors (Lipinski definition) is 4. The molecule has 3 rings (SSSR count). The van der Waals surface area contributed by atoms with Crippen molar-refractivity contribution in [2.45, 2.75) is 64.6 Å². The standard InChI is InChI=1S/C27H40N4O4S/c1-4-20(3)29-19-26(32)25(15-21-11-7-6-8-12-21)30-27(33)22-16-23(28-5-2)18-24(17-22)31-13-9-10-14-36(31,34)35/h6-8,11-12,16-18,20,25-26,28-29,32H,4-5,9-10,13-15,19H2,1-3H3,(H,30,33)/t20?,25-,26+/m0/s1. The van der Waals surface area contributed by atoms with Gasteiger partial charge in [0.05, 0.1) is 23.6 Å². The molecule has 9 heteroatoms. The van der Waals surface area contributed by atoms with Crippen LogP contribution in [0.25, 0.3) is 0 Å². The van der Waals surface area contributed by atoms with Gasteiger partial charge in [0.15, 0.2) is 0 Å². The van der Waals surface area contributed by atoms with Gasteiger partial charge >= 0.3 is 0 Å². The Labute approximate surface area is 215 Å². The lowest BCUT2D eigenvalue weighted by Crippen LogP contribution is -2.49. The number of carbonyl (C=O) groups is 1. The maximum Gasteiger partial charge on any atom is 0.251 e. The van der Waals surface area contributed by atoms with Crippen molar-refractivity contribution in [2.75, 3.05) is 35.0 Å². The van der Waals surface area contributed by atoms with Crippen molar-refractivity contribution in [2.24, 2.45) is 0 Å². The van der Waals surface area contributed by atoms with Gasteiger partial charge in [0.25, 0.3) is 5.91 Å². The fourth-order valence-electron chi connectivity index (χ4n) is 4.28. The van der Waals surface area contributed by atoms with E-state index in [4.69, 9.17) is 0 Å². The van der Waals surface area contributed by atoms with E-state index in [0.29, 0.717) is 49.4 Å². The van der Waals surface area contributed by atoms with Crippen LogP contribution < -0.4 is 20.3 Å². The summed E-state index contributed by atoms with van der Waals surface area (Å²) in [5.74, 6) is -0.247. The van der Waals surface area contributed by atoms with Crippen LogP contribution in [0, 0.1) is 0 Å². The molecule has 0 saturated carbocycles. The highest BCUT2D eigenvalue weighted by Crippen LogP contribution is 2.28. The molecule has 8 nitrogen and oxygen atoms in total. The van der Waals surface area contributed by atoms with Gasteiger partial charge in [0.1, 0.15) is 0 Å². The molecule has 2 aromatic carbocycles. The number of amides is 1. The molecule has 1 aliphatic heterocycles. The first-order chi connectivity index (χ1) is 17.2. The molecule has 3 atom stereocenters. The average Bonchev–Trinajstić information content (AvgIpc) is 2.87. The predicted octanol–water partition coefficient (Wildman–Crippen LogP) is 3.14. The number of sulfonamides is 1. The van der Waals surface area contributed by atoms with Crippen LogP contribution in [0.1, 0.15) is 56.0 Å². The topological polar surface area (TPSA) is 111 Å². The number of nitrogens with one attached hydrogen (secondary N) is 3. The Bertz CT molecular complexity index is 1090. The van der Waals surface area contributed by atoms with Crippen LogP contribution in [-0.2, 0) is 16.4 Å². The summed E-state index contributed by atoms with van der Waals surface area (Å²) in [5.41, 5.74) is 2.52. The number of anilines is 2. The lowest BCUT2D eigenvalue weighted by atomic mass is 10.00. The van der Waals surface area contributed by atoms with E-state index in [1.165, 1.54) is 4.31 Å². The lowest BCUT2D eigenvalue weighted by Gasteiger charge is -2.29.